The Bertz CT molecular complexity index is 2740. The fourth-order valence-electron chi connectivity index (χ4n) is 7.64. The van der Waals surface area contributed by atoms with Gasteiger partial charge in [0.2, 0.25) is 0 Å². The van der Waals surface area contributed by atoms with Crippen molar-refractivity contribution in [3.05, 3.63) is 164 Å². The van der Waals surface area contributed by atoms with E-state index in [0.29, 0.717) is 0 Å². The van der Waals surface area contributed by atoms with Gasteiger partial charge in [0.25, 0.3) is 0 Å². The van der Waals surface area contributed by atoms with Crippen molar-refractivity contribution in [1.82, 2.24) is 4.57 Å². The van der Waals surface area contributed by atoms with Gasteiger partial charge < -0.3 is 8.98 Å². The molecule has 0 radical (unpaired) electrons. The van der Waals surface area contributed by atoms with E-state index in [2.05, 4.69) is 162 Å². The minimum Gasteiger partial charge on any atom is -0.454 e. The Morgan fingerprint density at radius 1 is 0.413 bits per heavy atom. The standard InChI is InChI=1S/C44H27NO/c1-2-15-30(16-3-1)45-39-27-29(25-26-37(39)44-43(45)38-22-10-11-24-40(38)46-44)41-33-18-6-8-20-35(33)42(36-21-9-7-19-34(36)41)32-23-12-14-28-13-4-5-17-31(28)32/h1-27H. The van der Waals surface area contributed by atoms with Gasteiger partial charge in [0.1, 0.15) is 11.1 Å². The molecule has 46 heavy (non-hydrogen) atoms. The van der Waals surface area contributed by atoms with Crippen LogP contribution in [0.2, 0.25) is 0 Å². The lowest BCUT2D eigenvalue weighted by Gasteiger charge is -2.19. The highest BCUT2D eigenvalue weighted by molar-refractivity contribution is 6.24. The Morgan fingerprint density at radius 3 is 1.74 bits per heavy atom. The van der Waals surface area contributed by atoms with Crippen LogP contribution >= 0.6 is 0 Å². The maximum atomic E-state index is 6.53. The fourth-order valence-corrected chi connectivity index (χ4v) is 7.64. The predicted molar refractivity (Wildman–Crippen MR) is 194 cm³/mol. The predicted octanol–water partition coefficient (Wildman–Crippen LogP) is 12.3. The number of hydrogen-bond acceptors (Lipinski definition) is 1. The highest BCUT2D eigenvalue weighted by atomic mass is 16.3. The molecule has 10 aromatic rings. The summed E-state index contributed by atoms with van der Waals surface area (Å²) >= 11 is 0. The SMILES string of the molecule is c1ccc(-n2c3cc(-c4c5ccccc5c(-c5cccc6ccccc56)c5ccccc45)ccc3c3oc4ccccc4c32)cc1. The van der Waals surface area contributed by atoms with Crippen molar-refractivity contribution in [1.29, 1.82) is 0 Å². The van der Waals surface area contributed by atoms with Crippen LogP contribution in [-0.2, 0) is 0 Å². The third-order valence-corrected chi connectivity index (χ3v) is 9.57. The first-order chi connectivity index (χ1) is 22.8. The lowest BCUT2D eigenvalue weighted by molar-refractivity contribution is 0.673. The van der Waals surface area contributed by atoms with E-state index in [-0.39, 0.29) is 0 Å². The van der Waals surface area contributed by atoms with E-state index in [1.54, 1.807) is 0 Å². The molecule has 0 saturated heterocycles. The number of benzene rings is 8. The molecular formula is C44H27NO. The zero-order valence-electron chi connectivity index (χ0n) is 24.9. The number of hydrogen-bond donors (Lipinski definition) is 0. The van der Waals surface area contributed by atoms with Crippen molar-refractivity contribution in [2.24, 2.45) is 0 Å². The summed E-state index contributed by atoms with van der Waals surface area (Å²) in [7, 11) is 0. The summed E-state index contributed by atoms with van der Waals surface area (Å²) in [5.41, 5.74) is 10.2. The van der Waals surface area contributed by atoms with E-state index in [1.807, 2.05) is 6.07 Å². The number of fused-ring (bicyclic) bond motifs is 8. The van der Waals surface area contributed by atoms with Crippen molar-refractivity contribution < 1.29 is 4.42 Å². The van der Waals surface area contributed by atoms with E-state index in [4.69, 9.17) is 4.42 Å². The van der Waals surface area contributed by atoms with Gasteiger partial charge in [-0.25, -0.2) is 0 Å². The minimum atomic E-state index is 0.907. The summed E-state index contributed by atoms with van der Waals surface area (Å²) in [4.78, 5) is 0. The van der Waals surface area contributed by atoms with Gasteiger partial charge in [0.15, 0.2) is 5.58 Å². The van der Waals surface area contributed by atoms with Crippen LogP contribution < -0.4 is 0 Å². The molecule has 0 aliphatic heterocycles. The molecule has 0 aliphatic carbocycles. The lowest BCUT2D eigenvalue weighted by Crippen LogP contribution is -1.94. The monoisotopic (exact) mass is 585 g/mol. The molecule has 0 aliphatic rings. The first kappa shape index (κ1) is 25.2. The number of rotatable bonds is 3. The molecule has 0 spiro atoms. The molecule has 0 atom stereocenters. The Balaban J connectivity index is 1.33. The second-order valence-corrected chi connectivity index (χ2v) is 12.0. The van der Waals surface area contributed by atoms with E-state index in [1.165, 1.54) is 54.6 Å². The van der Waals surface area contributed by atoms with Gasteiger partial charge in [-0.1, -0.05) is 127 Å². The molecule has 0 N–H and O–H groups in total. The van der Waals surface area contributed by atoms with Crippen molar-refractivity contribution in [2.45, 2.75) is 0 Å². The minimum absolute atomic E-state index is 0.907. The smallest absolute Gasteiger partial charge is 0.161 e. The van der Waals surface area contributed by atoms with Crippen LogP contribution in [0.25, 0.3) is 93.2 Å². The quantitative estimate of drug-likeness (QED) is 0.189. The average molecular weight is 586 g/mol. The van der Waals surface area contributed by atoms with Crippen molar-refractivity contribution in [3.8, 4) is 27.9 Å². The summed E-state index contributed by atoms with van der Waals surface area (Å²) in [6.45, 7) is 0. The molecule has 0 amide bonds. The maximum Gasteiger partial charge on any atom is 0.161 e. The van der Waals surface area contributed by atoms with Crippen LogP contribution in [0.15, 0.2) is 168 Å². The number of para-hydroxylation sites is 2. The molecule has 2 nitrogen and oxygen atoms in total. The third-order valence-electron chi connectivity index (χ3n) is 9.57. The summed E-state index contributed by atoms with van der Waals surface area (Å²) in [5, 5.41) is 9.75. The van der Waals surface area contributed by atoms with Crippen molar-refractivity contribution in [2.75, 3.05) is 0 Å². The number of nitrogens with zero attached hydrogens (tertiary/aromatic N) is 1. The topological polar surface area (TPSA) is 18.1 Å². The molecule has 0 saturated carbocycles. The van der Waals surface area contributed by atoms with Crippen molar-refractivity contribution >= 4 is 65.3 Å². The second kappa shape index (κ2) is 9.69. The van der Waals surface area contributed by atoms with Gasteiger partial charge in [-0.2, -0.15) is 0 Å². The van der Waals surface area contributed by atoms with Crippen LogP contribution in [0.3, 0.4) is 0 Å². The van der Waals surface area contributed by atoms with Crippen LogP contribution in [0, 0.1) is 0 Å². The molecule has 2 heterocycles. The van der Waals surface area contributed by atoms with Gasteiger partial charge in [-0.05, 0) is 91.0 Å². The number of aromatic nitrogens is 1. The molecule has 0 unspecified atom stereocenters. The van der Waals surface area contributed by atoms with Crippen molar-refractivity contribution in [3.63, 3.8) is 0 Å². The molecular weight excluding hydrogens is 558 g/mol. The van der Waals surface area contributed by atoms with Gasteiger partial charge in [0, 0.05) is 16.5 Å². The van der Waals surface area contributed by atoms with Gasteiger partial charge in [-0.15, -0.1) is 0 Å². The largest absolute Gasteiger partial charge is 0.454 e. The molecule has 0 fully saturated rings. The zero-order chi connectivity index (χ0) is 30.2. The molecule has 214 valence electrons. The average Bonchev–Trinajstić information content (AvgIpc) is 3.65. The van der Waals surface area contributed by atoms with Crippen LogP contribution in [0.5, 0.6) is 0 Å². The lowest BCUT2D eigenvalue weighted by atomic mass is 9.84. The molecule has 0 bridgehead atoms. The Morgan fingerprint density at radius 2 is 1.00 bits per heavy atom. The highest BCUT2D eigenvalue weighted by Crippen LogP contribution is 2.47. The number of furan rings is 1. The highest BCUT2D eigenvalue weighted by Gasteiger charge is 2.22. The summed E-state index contributed by atoms with van der Waals surface area (Å²) in [5.74, 6) is 0. The first-order valence-electron chi connectivity index (χ1n) is 15.8. The van der Waals surface area contributed by atoms with Crippen LogP contribution in [0.1, 0.15) is 0 Å². The fraction of sp³-hybridized carbons (Fsp3) is 0. The Kier molecular flexibility index (Phi) is 5.31. The normalized spacial score (nSPS) is 11.9. The summed E-state index contributed by atoms with van der Waals surface area (Å²) in [6.07, 6.45) is 0. The van der Waals surface area contributed by atoms with Gasteiger partial charge in [0.05, 0.1) is 5.52 Å². The van der Waals surface area contributed by atoms with Crippen LogP contribution in [0.4, 0.5) is 0 Å². The molecule has 2 heteroatoms. The maximum absolute atomic E-state index is 6.53. The molecule has 10 rings (SSSR count). The van der Waals surface area contributed by atoms with E-state index in [9.17, 15) is 0 Å². The third kappa shape index (κ3) is 3.53. The summed E-state index contributed by atoms with van der Waals surface area (Å²) < 4.78 is 8.90. The van der Waals surface area contributed by atoms with E-state index >= 15 is 0 Å². The first-order valence-corrected chi connectivity index (χ1v) is 15.8. The molecule has 8 aromatic carbocycles. The van der Waals surface area contributed by atoms with E-state index < -0.39 is 0 Å². The van der Waals surface area contributed by atoms with Crippen LogP contribution in [-0.4, -0.2) is 4.57 Å². The second-order valence-electron chi connectivity index (χ2n) is 12.0. The Labute approximate surface area is 265 Å². The van der Waals surface area contributed by atoms with Gasteiger partial charge >= 0.3 is 0 Å². The molecule has 2 aromatic heterocycles. The zero-order valence-corrected chi connectivity index (χ0v) is 24.9. The Hall–Kier alpha value is -6.12. The summed E-state index contributed by atoms with van der Waals surface area (Å²) in [6, 6.07) is 59.0. The van der Waals surface area contributed by atoms with E-state index in [0.717, 1.165) is 38.7 Å². The van der Waals surface area contributed by atoms with Gasteiger partial charge in [-0.3, -0.25) is 0 Å².